The van der Waals surface area contributed by atoms with Crippen molar-refractivity contribution in [3.8, 4) is 0 Å². The van der Waals surface area contributed by atoms with Gasteiger partial charge < -0.3 is 5.73 Å². The lowest BCUT2D eigenvalue weighted by atomic mass is 9.98. The number of nitrogens with zero attached hydrogens (tertiary/aromatic N) is 1. The topological polar surface area (TPSA) is 29.3 Å². The van der Waals surface area contributed by atoms with Crippen molar-refractivity contribution in [1.82, 2.24) is 4.90 Å². The fraction of sp³-hybridized carbons (Fsp3) is 0.571. The molecule has 2 rings (SSSR count). The van der Waals surface area contributed by atoms with Gasteiger partial charge >= 0.3 is 0 Å². The standard InChI is InChI=1S/C14H21BrN2.ClH/c1-11-7-12(4-5-14(11)15)9-17-6-2-3-13(8-16)10-17;/h4-5,7,13H,2-3,6,8-10,16H2,1H3;1H. The Morgan fingerprint density at radius 1 is 1.44 bits per heavy atom. The van der Waals surface area contributed by atoms with Crippen molar-refractivity contribution in [2.45, 2.75) is 26.3 Å². The molecule has 1 saturated heterocycles. The number of halogens is 2. The molecule has 102 valence electrons. The first-order valence-electron chi connectivity index (χ1n) is 6.36. The van der Waals surface area contributed by atoms with E-state index in [1.54, 1.807) is 0 Å². The second-order valence-electron chi connectivity index (χ2n) is 5.06. The predicted octanol–water partition coefficient (Wildman–Crippen LogP) is 3.35. The smallest absolute Gasteiger partial charge is 0.0233 e. The van der Waals surface area contributed by atoms with Crippen LogP contribution in [-0.4, -0.2) is 24.5 Å². The number of benzene rings is 1. The summed E-state index contributed by atoms with van der Waals surface area (Å²) < 4.78 is 1.19. The molecule has 18 heavy (non-hydrogen) atoms. The lowest BCUT2D eigenvalue weighted by Gasteiger charge is -2.32. The summed E-state index contributed by atoms with van der Waals surface area (Å²) in [5.41, 5.74) is 8.49. The SMILES string of the molecule is Cc1cc(CN2CCCC(CN)C2)ccc1Br.Cl. The van der Waals surface area contributed by atoms with Crippen molar-refractivity contribution in [2.75, 3.05) is 19.6 Å². The van der Waals surface area contributed by atoms with Crippen LogP contribution in [0.5, 0.6) is 0 Å². The van der Waals surface area contributed by atoms with E-state index in [-0.39, 0.29) is 12.4 Å². The van der Waals surface area contributed by atoms with Crippen LogP contribution in [0.4, 0.5) is 0 Å². The number of rotatable bonds is 3. The highest BCUT2D eigenvalue weighted by Gasteiger charge is 2.18. The molecule has 1 unspecified atom stereocenters. The Morgan fingerprint density at radius 2 is 2.22 bits per heavy atom. The molecule has 2 N–H and O–H groups in total. The molecule has 1 aromatic rings. The summed E-state index contributed by atoms with van der Waals surface area (Å²) in [5.74, 6) is 0.695. The minimum absolute atomic E-state index is 0. The van der Waals surface area contributed by atoms with Crippen LogP contribution in [0.3, 0.4) is 0 Å². The molecule has 0 amide bonds. The number of aryl methyl sites for hydroxylation is 1. The van der Waals surface area contributed by atoms with Crippen molar-refractivity contribution in [2.24, 2.45) is 11.7 Å². The van der Waals surface area contributed by atoms with Crippen LogP contribution in [0, 0.1) is 12.8 Å². The molecule has 0 bridgehead atoms. The summed E-state index contributed by atoms with van der Waals surface area (Å²) in [7, 11) is 0. The zero-order chi connectivity index (χ0) is 12.3. The van der Waals surface area contributed by atoms with Crippen molar-refractivity contribution in [3.05, 3.63) is 33.8 Å². The molecule has 0 radical (unpaired) electrons. The number of hydrogen-bond donors (Lipinski definition) is 1. The van der Waals surface area contributed by atoms with Crippen molar-refractivity contribution in [1.29, 1.82) is 0 Å². The average molecular weight is 334 g/mol. The molecule has 1 fully saturated rings. The Bertz CT molecular complexity index is 384. The molecule has 1 aliphatic rings. The van der Waals surface area contributed by atoms with E-state index in [1.165, 1.54) is 35.0 Å². The number of hydrogen-bond acceptors (Lipinski definition) is 2. The van der Waals surface area contributed by atoms with E-state index in [0.717, 1.165) is 19.6 Å². The maximum absolute atomic E-state index is 5.77. The van der Waals surface area contributed by atoms with Gasteiger partial charge in [0.2, 0.25) is 0 Å². The second-order valence-corrected chi connectivity index (χ2v) is 5.92. The highest BCUT2D eigenvalue weighted by atomic mass is 79.9. The Balaban J connectivity index is 0.00000162. The van der Waals surface area contributed by atoms with Gasteiger partial charge in [0.05, 0.1) is 0 Å². The maximum Gasteiger partial charge on any atom is 0.0233 e. The summed E-state index contributed by atoms with van der Waals surface area (Å²) >= 11 is 3.55. The number of nitrogens with two attached hydrogens (primary N) is 1. The van der Waals surface area contributed by atoms with Crippen LogP contribution in [0.1, 0.15) is 24.0 Å². The fourth-order valence-corrected chi connectivity index (χ4v) is 2.80. The third-order valence-corrected chi connectivity index (χ3v) is 4.45. The van der Waals surface area contributed by atoms with E-state index >= 15 is 0 Å². The van der Waals surface area contributed by atoms with E-state index in [1.807, 2.05) is 0 Å². The normalized spacial score (nSPS) is 20.5. The van der Waals surface area contributed by atoms with E-state index in [9.17, 15) is 0 Å². The van der Waals surface area contributed by atoms with E-state index in [0.29, 0.717) is 5.92 Å². The highest BCUT2D eigenvalue weighted by molar-refractivity contribution is 9.10. The number of likely N-dealkylation sites (tertiary alicyclic amines) is 1. The van der Waals surface area contributed by atoms with Crippen LogP contribution in [0.15, 0.2) is 22.7 Å². The van der Waals surface area contributed by atoms with Gasteiger partial charge in [-0.3, -0.25) is 4.90 Å². The maximum atomic E-state index is 5.77. The van der Waals surface area contributed by atoms with Crippen LogP contribution < -0.4 is 5.73 Å². The lowest BCUT2D eigenvalue weighted by molar-refractivity contribution is 0.171. The van der Waals surface area contributed by atoms with E-state index < -0.39 is 0 Å². The Morgan fingerprint density at radius 3 is 2.89 bits per heavy atom. The summed E-state index contributed by atoms with van der Waals surface area (Å²) in [5, 5.41) is 0. The lowest BCUT2D eigenvalue weighted by Crippen LogP contribution is -2.37. The molecule has 1 heterocycles. The van der Waals surface area contributed by atoms with Gasteiger partial charge in [0.1, 0.15) is 0 Å². The van der Waals surface area contributed by atoms with Gasteiger partial charge in [-0.2, -0.15) is 0 Å². The monoisotopic (exact) mass is 332 g/mol. The Labute approximate surface area is 124 Å². The molecular weight excluding hydrogens is 312 g/mol. The molecule has 1 aliphatic heterocycles. The van der Waals surface area contributed by atoms with E-state index in [4.69, 9.17) is 5.73 Å². The summed E-state index contributed by atoms with van der Waals surface area (Å²) in [6.07, 6.45) is 2.59. The highest BCUT2D eigenvalue weighted by Crippen LogP contribution is 2.21. The molecule has 2 nitrogen and oxygen atoms in total. The van der Waals surface area contributed by atoms with Gasteiger partial charge in [0.25, 0.3) is 0 Å². The Hall–Kier alpha value is -0.0900. The molecule has 1 aromatic carbocycles. The summed E-state index contributed by atoms with van der Waals surface area (Å²) in [4.78, 5) is 2.53. The van der Waals surface area contributed by atoms with Crippen molar-refractivity contribution < 1.29 is 0 Å². The molecule has 0 aliphatic carbocycles. The molecule has 4 heteroatoms. The van der Waals surface area contributed by atoms with Crippen molar-refractivity contribution >= 4 is 28.3 Å². The zero-order valence-electron chi connectivity index (χ0n) is 10.9. The predicted molar refractivity (Wildman–Crippen MR) is 83.2 cm³/mol. The van der Waals surface area contributed by atoms with Gasteiger partial charge in [0, 0.05) is 17.6 Å². The van der Waals surface area contributed by atoms with Gasteiger partial charge in [-0.1, -0.05) is 28.1 Å². The molecular formula is C14H22BrClN2. The summed E-state index contributed by atoms with van der Waals surface area (Å²) in [6, 6.07) is 6.63. The molecule has 0 spiro atoms. The minimum atomic E-state index is 0. The molecule has 1 atom stereocenters. The first-order valence-corrected chi connectivity index (χ1v) is 7.16. The third-order valence-electron chi connectivity index (χ3n) is 3.56. The van der Waals surface area contributed by atoms with E-state index in [2.05, 4.69) is 46.0 Å². The summed E-state index contributed by atoms with van der Waals surface area (Å²) in [6.45, 7) is 6.41. The van der Waals surface area contributed by atoms with Crippen LogP contribution >= 0.6 is 28.3 Å². The minimum Gasteiger partial charge on any atom is -0.330 e. The first-order chi connectivity index (χ1) is 8.19. The van der Waals surface area contributed by atoms with Crippen LogP contribution in [0.2, 0.25) is 0 Å². The quantitative estimate of drug-likeness (QED) is 0.919. The van der Waals surface area contributed by atoms with Gasteiger partial charge in [0.15, 0.2) is 0 Å². The molecule has 0 aromatic heterocycles. The van der Waals surface area contributed by atoms with Gasteiger partial charge in [-0.15, -0.1) is 12.4 Å². The van der Waals surface area contributed by atoms with Gasteiger partial charge in [-0.25, -0.2) is 0 Å². The fourth-order valence-electron chi connectivity index (χ4n) is 2.55. The largest absolute Gasteiger partial charge is 0.330 e. The third kappa shape index (κ3) is 4.23. The zero-order valence-corrected chi connectivity index (χ0v) is 13.3. The first kappa shape index (κ1) is 16.0. The van der Waals surface area contributed by atoms with Crippen LogP contribution in [0.25, 0.3) is 0 Å². The van der Waals surface area contributed by atoms with Crippen LogP contribution in [-0.2, 0) is 6.54 Å². The van der Waals surface area contributed by atoms with Gasteiger partial charge in [-0.05, 0) is 56.0 Å². The Kier molecular flexibility index (Phi) is 6.64. The van der Waals surface area contributed by atoms with Crippen molar-refractivity contribution in [3.63, 3.8) is 0 Å². The average Bonchev–Trinajstić information content (AvgIpc) is 2.34. The second kappa shape index (κ2) is 7.49. The molecule has 0 saturated carbocycles. The number of piperidine rings is 1.